The largest absolute Gasteiger partial charge is 0.496 e. The highest BCUT2D eigenvalue weighted by atomic mass is 16.5. The summed E-state index contributed by atoms with van der Waals surface area (Å²) >= 11 is 0. The van der Waals surface area contributed by atoms with E-state index in [-0.39, 0.29) is 6.04 Å². The molecule has 1 N–H and O–H groups in total. The van der Waals surface area contributed by atoms with Crippen molar-refractivity contribution in [3.05, 3.63) is 47.4 Å². The first-order chi connectivity index (χ1) is 10.2. The molecule has 1 heterocycles. The quantitative estimate of drug-likeness (QED) is 0.883. The molecule has 0 bridgehead atoms. The first kappa shape index (κ1) is 15.3. The second kappa shape index (κ2) is 7.04. The summed E-state index contributed by atoms with van der Waals surface area (Å²) in [5.41, 5.74) is 3.22. The number of ether oxygens (including phenoxy) is 2. The van der Waals surface area contributed by atoms with Gasteiger partial charge in [-0.1, -0.05) is 12.1 Å². The van der Waals surface area contributed by atoms with Gasteiger partial charge in [0.2, 0.25) is 5.88 Å². The minimum atomic E-state index is 0.152. The van der Waals surface area contributed by atoms with E-state index in [4.69, 9.17) is 9.47 Å². The standard InChI is InChI=1S/C16H21N3O2/c1-11-5-6-12(7-15(11)20-3)14(17-2)8-13-9-16(21-4)19-10-18-13/h5-7,9-10,14,17H,8H2,1-4H3. The highest BCUT2D eigenvalue weighted by Gasteiger charge is 2.13. The van der Waals surface area contributed by atoms with Crippen molar-refractivity contribution >= 4 is 0 Å². The second-order valence-corrected chi connectivity index (χ2v) is 4.83. The zero-order valence-corrected chi connectivity index (χ0v) is 12.9. The molecule has 1 aromatic carbocycles. The van der Waals surface area contributed by atoms with Crippen molar-refractivity contribution in [2.75, 3.05) is 21.3 Å². The maximum atomic E-state index is 5.39. The molecule has 0 aliphatic rings. The second-order valence-electron chi connectivity index (χ2n) is 4.83. The summed E-state index contributed by atoms with van der Waals surface area (Å²) in [5.74, 6) is 1.48. The fraction of sp³-hybridized carbons (Fsp3) is 0.375. The topological polar surface area (TPSA) is 56.3 Å². The van der Waals surface area contributed by atoms with E-state index in [9.17, 15) is 0 Å². The predicted octanol–water partition coefficient (Wildman–Crippen LogP) is 2.31. The fourth-order valence-corrected chi connectivity index (χ4v) is 2.25. The number of aromatic nitrogens is 2. The molecule has 0 amide bonds. The molecule has 5 nitrogen and oxygen atoms in total. The van der Waals surface area contributed by atoms with Crippen molar-refractivity contribution in [3.8, 4) is 11.6 Å². The summed E-state index contributed by atoms with van der Waals surface area (Å²) in [4.78, 5) is 8.33. The summed E-state index contributed by atoms with van der Waals surface area (Å²) in [7, 11) is 5.23. The Morgan fingerprint density at radius 3 is 2.62 bits per heavy atom. The van der Waals surface area contributed by atoms with E-state index in [2.05, 4.69) is 33.5 Å². The van der Waals surface area contributed by atoms with Crippen LogP contribution < -0.4 is 14.8 Å². The lowest BCUT2D eigenvalue weighted by atomic mass is 10.00. The molecule has 5 heteroatoms. The van der Waals surface area contributed by atoms with Gasteiger partial charge in [-0.2, -0.15) is 0 Å². The molecular formula is C16H21N3O2. The Balaban J connectivity index is 2.23. The van der Waals surface area contributed by atoms with E-state index >= 15 is 0 Å². The smallest absolute Gasteiger partial charge is 0.216 e. The highest BCUT2D eigenvalue weighted by Crippen LogP contribution is 2.25. The minimum Gasteiger partial charge on any atom is -0.496 e. The number of hydrogen-bond acceptors (Lipinski definition) is 5. The lowest BCUT2D eigenvalue weighted by molar-refractivity contribution is 0.395. The Morgan fingerprint density at radius 2 is 1.95 bits per heavy atom. The van der Waals surface area contributed by atoms with Crippen molar-refractivity contribution < 1.29 is 9.47 Å². The summed E-state index contributed by atoms with van der Waals surface area (Å²) in [6.45, 7) is 2.03. The number of nitrogens with one attached hydrogen (secondary N) is 1. The molecule has 21 heavy (non-hydrogen) atoms. The molecular weight excluding hydrogens is 266 g/mol. The van der Waals surface area contributed by atoms with Crippen LogP contribution in [-0.4, -0.2) is 31.2 Å². The summed E-state index contributed by atoms with van der Waals surface area (Å²) < 4.78 is 10.5. The van der Waals surface area contributed by atoms with Gasteiger partial charge in [-0.3, -0.25) is 0 Å². The van der Waals surface area contributed by atoms with Crippen LogP contribution in [0.15, 0.2) is 30.6 Å². The number of aryl methyl sites for hydroxylation is 1. The van der Waals surface area contributed by atoms with Gasteiger partial charge in [0.25, 0.3) is 0 Å². The SMILES string of the molecule is CNC(Cc1cc(OC)ncn1)c1ccc(C)c(OC)c1. The van der Waals surface area contributed by atoms with Crippen molar-refractivity contribution in [2.45, 2.75) is 19.4 Å². The average Bonchev–Trinajstić information content (AvgIpc) is 2.53. The highest BCUT2D eigenvalue weighted by molar-refractivity contribution is 5.38. The molecule has 0 aliphatic heterocycles. The minimum absolute atomic E-state index is 0.152. The monoisotopic (exact) mass is 287 g/mol. The average molecular weight is 287 g/mol. The Labute approximate surface area is 125 Å². The van der Waals surface area contributed by atoms with E-state index in [0.29, 0.717) is 5.88 Å². The van der Waals surface area contributed by atoms with Crippen LogP contribution in [0.4, 0.5) is 0 Å². The lowest BCUT2D eigenvalue weighted by Gasteiger charge is -2.18. The predicted molar refractivity (Wildman–Crippen MR) is 81.8 cm³/mol. The summed E-state index contributed by atoms with van der Waals surface area (Å²) in [5, 5.41) is 3.32. The number of methoxy groups -OCH3 is 2. The Morgan fingerprint density at radius 1 is 1.14 bits per heavy atom. The van der Waals surface area contributed by atoms with Crippen molar-refractivity contribution in [2.24, 2.45) is 0 Å². The molecule has 1 unspecified atom stereocenters. The molecule has 0 spiro atoms. The Kier molecular flexibility index (Phi) is 5.11. The van der Waals surface area contributed by atoms with E-state index in [1.54, 1.807) is 14.2 Å². The van der Waals surface area contributed by atoms with Gasteiger partial charge in [0.15, 0.2) is 0 Å². The van der Waals surface area contributed by atoms with Gasteiger partial charge in [0.1, 0.15) is 12.1 Å². The number of hydrogen-bond donors (Lipinski definition) is 1. The lowest BCUT2D eigenvalue weighted by Crippen LogP contribution is -2.19. The Hall–Kier alpha value is -2.14. The molecule has 112 valence electrons. The number of nitrogens with zero attached hydrogens (tertiary/aromatic N) is 2. The van der Waals surface area contributed by atoms with Crippen molar-refractivity contribution in [1.82, 2.24) is 15.3 Å². The van der Waals surface area contributed by atoms with Gasteiger partial charge in [-0.15, -0.1) is 0 Å². The molecule has 1 aromatic heterocycles. The van der Waals surface area contributed by atoms with Crippen LogP contribution in [0, 0.1) is 6.92 Å². The molecule has 0 saturated carbocycles. The zero-order chi connectivity index (χ0) is 15.2. The summed E-state index contributed by atoms with van der Waals surface area (Å²) in [6, 6.07) is 8.25. The molecule has 0 aliphatic carbocycles. The molecule has 0 radical (unpaired) electrons. The van der Waals surface area contributed by atoms with Crippen LogP contribution in [0.1, 0.15) is 22.9 Å². The maximum absolute atomic E-state index is 5.39. The first-order valence-corrected chi connectivity index (χ1v) is 6.84. The first-order valence-electron chi connectivity index (χ1n) is 6.84. The van der Waals surface area contributed by atoms with Crippen LogP contribution in [-0.2, 0) is 6.42 Å². The van der Waals surface area contributed by atoms with Gasteiger partial charge < -0.3 is 14.8 Å². The number of benzene rings is 1. The van der Waals surface area contributed by atoms with Gasteiger partial charge in [-0.05, 0) is 31.2 Å². The van der Waals surface area contributed by atoms with Crippen LogP contribution in [0.2, 0.25) is 0 Å². The van der Waals surface area contributed by atoms with Gasteiger partial charge in [-0.25, -0.2) is 9.97 Å². The van der Waals surface area contributed by atoms with E-state index in [0.717, 1.165) is 29.0 Å². The van der Waals surface area contributed by atoms with Crippen molar-refractivity contribution in [1.29, 1.82) is 0 Å². The van der Waals surface area contributed by atoms with E-state index in [1.165, 1.54) is 6.33 Å². The van der Waals surface area contributed by atoms with Gasteiger partial charge in [0, 0.05) is 24.2 Å². The van der Waals surface area contributed by atoms with Crippen molar-refractivity contribution in [3.63, 3.8) is 0 Å². The van der Waals surface area contributed by atoms with Gasteiger partial charge in [0.05, 0.1) is 14.2 Å². The third-order valence-electron chi connectivity index (χ3n) is 3.50. The Bertz CT molecular complexity index is 602. The molecule has 2 rings (SSSR count). The summed E-state index contributed by atoms with van der Waals surface area (Å²) in [6.07, 6.45) is 2.28. The van der Waals surface area contributed by atoms with Crippen LogP contribution in [0.5, 0.6) is 11.6 Å². The molecule has 0 saturated heterocycles. The van der Waals surface area contributed by atoms with E-state index < -0.39 is 0 Å². The zero-order valence-electron chi connectivity index (χ0n) is 12.9. The number of rotatable bonds is 6. The van der Waals surface area contributed by atoms with Crippen LogP contribution >= 0.6 is 0 Å². The fourth-order valence-electron chi connectivity index (χ4n) is 2.25. The van der Waals surface area contributed by atoms with Gasteiger partial charge >= 0.3 is 0 Å². The van der Waals surface area contributed by atoms with E-state index in [1.807, 2.05) is 20.0 Å². The third kappa shape index (κ3) is 3.70. The molecule has 2 aromatic rings. The van der Waals surface area contributed by atoms with Crippen LogP contribution in [0.25, 0.3) is 0 Å². The third-order valence-corrected chi connectivity index (χ3v) is 3.50. The molecule has 0 fully saturated rings. The normalized spacial score (nSPS) is 12.0. The maximum Gasteiger partial charge on any atom is 0.216 e. The van der Waals surface area contributed by atoms with Crippen LogP contribution in [0.3, 0.4) is 0 Å². The molecule has 1 atom stereocenters. The number of likely N-dealkylation sites (N-methyl/N-ethyl adjacent to an activating group) is 1.